The predicted octanol–water partition coefficient (Wildman–Crippen LogP) is 3.90. The maximum atomic E-state index is 13.5. The van der Waals surface area contributed by atoms with Crippen LogP contribution < -0.4 is 0 Å². The minimum atomic E-state index is -1.94. The molecule has 0 heterocycles. The van der Waals surface area contributed by atoms with Crippen LogP contribution in [-0.2, 0) is 20.9 Å². The van der Waals surface area contributed by atoms with Gasteiger partial charge in [0, 0.05) is 18.9 Å². The van der Waals surface area contributed by atoms with Gasteiger partial charge in [-0.15, -0.1) is 0 Å². The summed E-state index contributed by atoms with van der Waals surface area (Å²) in [6, 6.07) is 8.91. The van der Waals surface area contributed by atoms with Crippen LogP contribution in [0.2, 0.25) is 0 Å². The highest BCUT2D eigenvalue weighted by atomic mass is 19.2. The fourth-order valence-corrected chi connectivity index (χ4v) is 2.13. The summed E-state index contributed by atoms with van der Waals surface area (Å²) in [6.07, 6.45) is -2.99. The van der Waals surface area contributed by atoms with Crippen LogP contribution in [0.4, 0.5) is 13.2 Å². The summed E-state index contributed by atoms with van der Waals surface area (Å²) >= 11 is 0. The van der Waals surface area contributed by atoms with Gasteiger partial charge in [-0.05, 0) is 11.1 Å². The zero-order valence-electron chi connectivity index (χ0n) is 12.2. The molecule has 0 N–H and O–H groups in total. The zero-order chi connectivity index (χ0) is 16.8. The van der Waals surface area contributed by atoms with Crippen LogP contribution in [0.25, 0.3) is 0 Å². The Labute approximate surface area is 131 Å². The summed E-state index contributed by atoms with van der Waals surface area (Å²) in [6.45, 7) is 0.0323. The van der Waals surface area contributed by atoms with Gasteiger partial charge in [-0.2, -0.15) is 0 Å². The molecular weight excluding hydrogens is 309 g/mol. The molecule has 1 aromatic rings. The van der Waals surface area contributed by atoms with Crippen LogP contribution in [0.3, 0.4) is 0 Å². The Morgan fingerprint density at radius 2 is 1.87 bits per heavy atom. The van der Waals surface area contributed by atoms with Crippen LogP contribution in [-0.4, -0.2) is 17.9 Å². The Balaban J connectivity index is 1.83. The maximum Gasteiger partial charge on any atom is 0.313 e. The zero-order valence-corrected chi connectivity index (χ0v) is 12.2. The molecule has 1 aliphatic rings. The van der Waals surface area contributed by atoms with Crippen molar-refractivity contribution in [1.29, 1.82) is 0 Å². The van der Waals surface area contributed by atoms with Gasteiger partial charge in [-0.25, -0.2) is 13.2 Å². The van der Waals surface area contributed by atoms with Gasteiger partial charge in [-0.3, -0.25) is 9.59 Å². The van der Waals surface area contributed by atoms with E-state index in [9.17, 15) is 22.8 Å². The molecule has 0 saturated carbocycles. The fraction of sp³-hybridized carbons (Fsp3) is 0.294. The highest BCUT2D eigenvalue weighted by molar-refractivity contribution is 5.96. The van der Waals surface area contributed by atoms with Crippen LogP contribution in [0.15, 0.2) is 53.6 Å². The Kier molecular flexibility index (Phi) is 5.73. The van der Waals surface area contributed by atoms with E-state index < -0.39 is 48.8 Å². The van der Waals surface area contributed by atoms with E-state index in [1.807, 2.05) is 6.07 Å². The van der Waals surface area contributed by atoms with E-state index in [4.69, 9.17) is 4.74 Å². The summed E-state index contributed by atoms with van der Waals surface area (Å²) in [7, 11) is 0. The normalized spacial score (nSPS) is 17.7. The predicted molar refractivity (Wildman–Crippen MR) is 77.3 cm³/mol. The number of benzene rings is 1. The van der Waals surface area contributed by atoms with Crippen molar-refractivity contribution in [1.82, 2.24) is 0 Å². The van der Waals surface area contributed by atoms with E-state index in [1.165, 1.54) is 0 Å². The minimum Gasteiger partial charge on any atom is -0.460 e. The van der Waals surface area contributed by atoms with Crippen LogP contribution in [0.1, 0.15) is 24.8 Å². The molecule has 3 nitrogen and oxygen atoms in total. The van der Waals surface area contributed by atoms with Gasteiger partial charge in [0.2, 0.25) is 0 Å². The summed E-state index contributed by atoms with van der Waals surface area (Å²) in [5.41, 5.74) is 0.634. The molecule has 0 fully saturated rings. The molecule has 1 unspecified atom stereocenters. The lowest BCUT2D eigenvalue weighted by Crippen LogP contribution is -2.15. The monoisotopic (exact) mass is 324 g/mol. The molecule has 1 aromatic carbocycles. The third-order valence-corrected chi connectivity index (χ3v) is 3.32. The van der Waals surface area contributed by atoms with Crippen LogP contribution in [0, 0.1) is 0 Å². The number of allylic oxidation sites excluding steroid dienone is 4. The van der Waals surface area contributed by atoms with Gasteiger partial charge in [0.1, 0.15) is 30.5 Å². The first-order valence-corrected chi connectivity index (χ1v) is 7.05. The van der Waals surface area contributed by atoms with Crippen molar-refractivity contribution in [3.05, 3.63) is 59.2 Å². The van der Waals surface area contributed by atoms with Gasteiger partial charge in [0.15, 0.2) is 6.17 Å². The van der Waals surface area contributed by atoms with E-state index >= 15 is 0 Å². The smallest absolute Gasteiger partial charge is 0.313 e. The van der Waals surface area contributed by atoms with Crippen molar-refractivity contribution >= 4 is 11.8 Å². The number of esters is 1. The standard InChI is InChI=1S/C17H15F3O3/c18-14-9-16(20)15(19)7-12(14)6-13(21)8-17(22)23-10-11-4-2-1-3-5-11/h1-5,9,15H,6-8,10H2. The maximum absolute atomic E-state index is 13.5. The molecule has 0 radical (unpaired) electrons. The highest BCUT2D eigenvalue weighted by Crippen LogP contribution is 2.30. The number of carbonyl (C=O) groups is 2. The number of Topliss-reactive ketones (excluding diaryl/α,β-unsaturated/α-hetero) is 1. The molecule has 0 aromatic heterocycles. The van der Waals surface area contributed by atoms with E-state index in [1.54, 1.807) is 24.3 Å². The average molecular weight is 324 g/mol. The molecule has 0 spiro atoms. The number of ketones is 1. The van der Waals surface area contributed by atoms with Gasteiger partial charge in [-0.1, -0.05) is 30.3 Å². The van der Waals surface area contributed by atoms with E-state index in [-0.39, 0.29) is 12.2 Å². The molecule has 122 valence electrons. The molecule has 0 bridgehead atoms. The number of hydrogen-bond acceptors (Lipinski definition) is 3. The van der Waals surface area contributed by atoms with Crippen LogP contribution >= 0.6 is 0 Å². The first kappa shape index (κ1) is 17.0. The number of rotatable bonds is 6. The van der Waals surface area contributed by atoms with Crippen molar-refractivity contribution in [2.45, 2.75) is 32.0 Å². The van der Waals surface area contributed by atoms with Gasteiger partial charge >= 0.3 is 5.97 Å². The van der Waals surface area contributed by atoms with Crippen molar-refractivity contribution in [3.63, 3.8) is 0 Å². The summed E-state index contributed by atoms with van der Waals surface area (Å²) in [5.74, 6) is -3.49. The second-order valence-electron chi connectivity index (χ2n) is 5.19. The third kappa shape index (κ3) is 5.09. The molecule has 2 rings (SSSR count). The first-order chi connectivity index (χ1) is 11.0. The Morgan fingerprint density at radius 1 is 1.17 bits per heavy atom. The van der Waals surface area contributed by atoms with Crippen LogP contribution in [0.5, 0.6) is 0 Å². The average Bonchev–Trinajstić information content (AvgIpc) is 2.51. The molecule has 0 aliphatic heterocycles. The first-order valence-electron chi connectivity index (χ1n) is 7.05. The molecule has 6 heteroatoms. The Hall–Kier alpha value is -2.37. The topological polar surface area (TPSA) is 43.4 Å². The van der Waals surface area contributed by atoms with Crippen molar-refractivity contribution in [3.8, 4) is 0 Å². The number of halogens is 3. The molecule has 23 heavy (non-hydrogen) atoms. The molecule has 1 aliphatic carbocycles. The minimum absolute atomic E-state index is 0.0323. The number of alkyl halides is 1. The van der Waals surface area contributed by atoms with E-state index in [0.29, 0.717) is 6.08 Å². The lowest BCUT2D eigenvalue weighted by atomic mass is 9.96. The van der Waals surface area contributed by atoms with Crippen molar-refractivity contribution in [2.75, 3.05) is 0 Å². The highest BCUT2D eigenvalue weighted by Gasteiger charge is 2.25. The van der Waals surface area contributed by atoms with Crippen molar-refractivity contribution in [2.24, 2.45) is 0 Å². The summed E-state index contributed by atoms with van der Waals surface area (Å²) in [5, 5.41) is 0. The van der Waals surface area contributed by atoms with Gasteiger partial charge in [0.25, 0.3) is 0 Å². The fourth-order valence-electron chi connectivity index (χ4n) is 2.13. The summed E-state index contributed by atoms with van der Waals surface area (Å²) < 4.78 is 44.4. The lowest BCUT2D eigenvalue weighted by molar-refractivity contribution is -0.147. The quantitative estimate of drug-likeness (QED) is 0.589. The molecule has 1 atom stereocenters. The van der Waals surface area contributed by atoms with Crippen molar-refractivity contribution < 1.29 is 27.5 Å². The lowest BCUT2D eigenvalue weighted by Gasteiger charge is -2.15. The van der Waals surface area contributed by atoms with Gasteiger partial charge < -0.3 is 4.74 Å². The van der Waals surface area contributed by atoms with Gasteiger partial charge in [0.05, 0.1) is 0 Å². The van der Waals surface area contributed by atoms with E-state index in [0.717, 1.165) is 5.56 Å². The summed E-state index contributed by atoms with van der Waals surface area (Å²) in [4.78, 5) is 23.3. The largest absolute Gasteiger partial charge is 0.460 e. The number of carbonyl (C=O) groups excluding carboxylic acids is 2. The molecular formula is C17H15F3O3. The second kappa shape index (κ2) is 7.76. The molecule has 0 amide bonds. The SMILES string of the molecule is O=C(CC(=O)OCc1ccccc1)CC1=C(F)C=C(F)C(F)C1. The molecule has 0 saturated heterocycles. The van der Waals surface area contributed by atoms with E-state index in [2.05, 4.69) is 0 Å². The number of ether oxygens (including phenoxy) is 1. The third-order valence-electron chi connectivity index (χ3n) is 3.32. The second-order valence-corrected chi connectivity index (χ2v) is 5.19. The Bertz CT molecular complexity index is 650. The number of hydrogen-bond donors (Lipinski definition) is 0. The Morgan fingerprint density at radius 3 is 2.57 bits per heavy atom.